The lowest BCUT2D eigenvalue weighted by atomic mass is 10.2. The summed E-state index contributed by atoms with van der Waals surface area (Å²) in [6.45, 7) is 0. The van der Waals surface area contributed by atoms with Gasteiger partial charge in [-0.3, -0.25) is 14.9 Å². The predicted molar refractivity (Wildman–Crippen MR) is 69.9 cm³/mol. The summed E-state index contributed by atoms with van der Waals surface area (Å²) in [4.78, 5) is 22.8. The summed E-state index contributed by atoms with van der Waals surface area (Å²) in [6, 6.07) is 4.45. The van der Waals surface area contributed by atoms with E-state index in [1.807, 2.05) is 22.6 Å². The molecule has 7 heteroatoms. The third-order valence-corrected chi connectivity index (χ3v) is 2.81. The molecule has 1 aromatic rings. The molecule has 5 nitrogen and oxygen atoms in total. The molecule has 0 N–H and O–H groups in total. The number of halogens is 2. The predicted octanol–water partition coefficient (Wildman–Crippen LogP) is 2.40. The van der Waals surface area contributed by atoms with Crippen molar-refractivity contribution < 1.29 is 9.72 Å². The van der Waals surface area contributed by atoms with E-state index in [2.05, 4.69) is 0 Å². The van der Waals surface area contributed by atoms with Crippen LogP contribution in [-0.4, -0.2) is 23.8 Å². The summed E-state index contributed by atoms with van der Waals surface area (Å²) in [5.41, 5.74) is 0.417. The SMILES string of the molecule is CN(C(=O)CCl)c1cc(I)cc([N+](=O)[O-])c1. The molecule has 0 unspecified atom stereocenters. The van der Waals surface area contributed by atoms with Crippen molar-refractivity contribution in [3.05, 3.63) is 31.9 Å². The molecule has 0 atom stereocenters. The van der Waals surface area contributed by atoms with E-state index in [9.17, 15) is 14.9 Å². The van der Waals surface area contributed by atoms with E-state index < -0.39 is 4.92 Å². The molecule has 0 aromatic heterocycles. The Morgan fingerprint density at radius 1 is 1.56 bits per heavy atom. The molecule has 86 valence electrons. The quantitative estimate of drug-likeness (QED) is 0.362. The second kappa shape index (κ2) is 5.44. The van der Waals surface area contributed by atoms with Gasteiger partial charge >= 0.3 is 0 Å². The minimum atomic E-state index is -0.495. The van der Waals surface area contributed by atoms with Gasteiger partial charge in [0.2, 0.25) is 5.91 Å². The monoisotopic (exact) mass is 354 g/mol. The molecule has 0 saturated carbocycles. The van der Waals surface area contributed by atoms with Crippen LogP contribution in [0.4, 0.5) is 11.4 Å². The Kier molecular flexibility index (Phi) is 4.48. The zero-order valence-electron chi connectivity index (χ0n) is 8.31. The third-order valence-electron chi connectivity index (χ3n) is 1.95. The number of nitro benzene ring substituents is 1. The van der Waals surface area contributed by atoms with Gasteiger partial charge in [0.05, 0.1) is 10.6 Å². The Balaban J connectivity index is 3.14. The van der Waals surface area contributed by atoms with E-state index in [-0.39, 0.29) is 17.5 Å². The minimum absolute atomic E-state index is 0.0453. The molecule has 0 heterocycles. The smallest absolute Gasteiger partial charge is 0.272 e. The van der Waals surface area contributed by atoms with Crippen LogP contribution in [0.5, 0.6) is 0 Å². The lowest BCUT2D eigenvalue weighted by Gasteiger charge is -2.15. The van der Waals surface area contributed by atoms with Crippen LogP contribution in [0.1, 0.15) is 0 Å². The lowest BCUT2D eigenvalue weighted by molar-refractivity contribution is -0.384. The first-order valence-corrected chi connectivity index (χ1v) is 5.84. The summed E-state index contributed by atoms with van der Waals surface area (Å²) in [5.74, 6) is -0.464. The van der Waals surface area contributed by atoms with Crippen molar-refractivity contribution in [2.45, 2.75) is 0 Å². The molecule has 0 radical (unpaired) electrons. The van der Waals surface area contributed by atoms with Gasteiger partial charge in [-0.05, 0) is 28.7 Å². The number of non-ortho nitro benzene ring substituents is 1. The van der Waals surface area contributed by atoms with E-state index in [1.165, 1.54) is 24.1 Å². The van der Waals surface area contributed by atoms with Gasteiger partial charge < -0.3 is 4.90 Å². The van der Waals surface area contributed by atoms with Gasteiger partial charge in [-0.25, -0.2) is 0 Å². The highest BCUT2D eigenvalue weighted by Crippen LogP contribution is 2.24. The van der Waals surface area contributed by atoms with Gasteiger partial charge in [0.15, 0.2) is 0 Å². The van der Waals surface area contributed by atoms with Crippen molar-refractivity contribution in [3.8, 4) is 0 Å². The highest BCUT2D eigenvalue weighted by atomic mass is 127. The summed E-state index contributed by atoms with van der Waals surface area (Å²) in [7, 11) is 1.53. The van der Waals surface area contributed by atoms with Crippen LogP contribution in [0.15, 0.2) is 18.2 Å². The maximum Gasteiger partial charge on any atom is 0.272 e. The average molecular weight is 355 g/mol. The largest absolute Gasteiger partial charge is 0.314 e. The maximum absolute atomic E-state index is 11.3. The van der Waals surface area contributed by atoms with Gasteiger partial charge in [-0.1, -0.05) is 0 Å². The molecule has 0 aliphatic heterocycles. The number of nitro groups is 1. The Morgan fingerprint density at radius 3 is 2.69 bits per heavy atom. The topological polar surface area (TPSA) is 63.5 Å². The number of amides is 1. The van der Waals surface area contributed by atoms with Gasteiger partial charge in [0.25, 0.3) is 5.69 Å². The second-order valence-corrected chi connectivity index (χ2v) is 4.52. The van der Waals surface area contributed by atoms with Gasteiger partial charge in [0.1, 0.15) is 5.88 Å². The minimum Gasteiger partial charge on any atom is -0.314 e. The maximum atomic E-state index is 11.3. The van der Waals surface area contributed by atoms with Crippen LogP contribution < -0.4 is 4.90 Å². The van der Waals surface area contributed by atoms with Gasteiger partial charge in [0, 0.05) is 22.8 Å². The number of hydrogen-bond acceptors (Lipinski definition) is 3. The zero-order valence-corrected chi connectivity index (χ0v) is 11.2. The molecule has 1 rings (SSSR count). The first-order chi connectivity index (χ1) is 7.45. The molecule has 0 bridgehead atoms. The summed E-state index contributed by atoms with van der Waals surface area (Å²) in [5, 5.41) is 10.6. The number of anilines is 1. The molecule has 1 aromatic carbocycles. The van der Waals surface area contributed by atoms with Crippen LogP contribution in [0, 0.1) is 13.7 Å². The van der Waals surface area contributed by atoms with Crippen molar-refractivity contribution in [2.75, 3.05) is 17.8 Å². The standard InChI is InChI=1S/C9H8ClIN2O3/c1-12(9(14)5-10)7-2-6(11)3-8(4-7)13(15)16/h2-4H,5H2,1H3. The molecular formula is C9H8ClIN2O3. The van der Waals surface area contributed by atoms with Crippen molar-refractivity contribution in [1.82, 2.24) is 0 Å². The van der Waals surface area contributed by atoms with Crippen molar-refractivity contribution in [2.24, 2.45) is 0 Å². The van der Waals surface area contributed by atoms with Crippen molar-refractivity contribution in [3.63, 3.8) is 0 Å². The molecule has 0 aliphatic rings. The van der Waals surface area contributed by atoms with Crippen LogP contribution in [0.25, 0.3) is 0 Å². The summed E-state index contributed by atoms with van der Waals surface area (Å²) < 4.78 is 0.691. The lowest BCUT2D eigenvalue weighted by Crippen LogP contribution is -2.27. The zero-order chi connectivity index (χ0) is 12.3. The molecule has 1 amide bonds. The van der Waals surface area contributed by atoms with Crippen molar-refractivity contribution in [1.29, 1.82) is 0 Å². The Morgan fingerprint density at radius 2 is 2.19 bits per heavy atom. The van der Waals surface area contributed by atoms with Crippen LogP contribution in [0.3, 0.4) is 0 Å². The number of benzene rings is 1. The number of carbonyl (C=O) groups excluding carboxylic acids is 1. The first kappa shape index (κ1) is 13.2. The summed E-state index contributed by atoms with van der Waals surface area (Å²) >= 11 is 7.37. The van der Waals surface area contributed by atoms with E-state index in [0.717, 1.165) is 0 Å². The van der Waals surface area contributed by atoms with Gasteiger partial charge in [-0.2, -0.15) is 0 Å². The van der Waals surface area contributed by atoms with E-state index in [0.29, 0.717) is 9.26 Å². The van der Waals surface area contributed by atoms with Gasteiger partial charge in [-0.15, -0.1) is 11.6 Å². The van der Waals surface area contributed by atoms with Crippen LogP contribution in [0.2, 0.25) is 0 Å². The van der Waals surface area contributed by atoms with Crippen molar-refractivity contribution >= 4 is 51.5 Å². The number of nitrogens with zero attached hydrogens (tertiary/aromatic N) is 2. The number of hydrogen-bond donors (Lipinski definition) is 0. The third kappa shape index (κ3) is 3.05. The first-order valence-electron chi connectivity index (χ1n) is 4.23. The van der Waals surface area contributed by atoms with E-state index in [4.69, 9.17) is 11.6 Å². The molecule has 0 fully saturated rings. The number of rotatable bonds is 3. The van der Waals surface area contributed by atoms with E-state index in [1.54, 1.807) is 6.07 Å². The normalized spacial score (nSPS) is 9.94. The summed E-state index contributed by atoms with van der Waals surface area (Å²) in [6.07, 6.45) is 0. The molecule has 0 aliphatic carbocycles. The average Bonchev–Trinajstić information content (AvgIpc) is 2.26. The van der Waals surface area contributed by atoms with Crippen LogP contribution in [-0.2, 0) is 4.79 Å². The Hall–Kier alpha value is -0.890. The Labute approximate surface area is 111 Å². The molecular weight excluding hydrogens is 346 g/mol. The molecule has 0 saturated heterocycles. The highest BCUT2D eigenvalue weighted by Gasteiger charge is 2.14. The second-order valence-electron chi connectivity index (χ2n) is 3.01. The Bertz CT molecular complexity index is 439. The molecule has 0 spiro atoms. The highest BCUT2D eigenvalue weighted by molar-refractivity contribution is 14.1. The number of carbonyl (C=O) groups is 1. The fourth-order valence-electron chi connectivity index (χ4n) is 1.09. The fourth-order valence-corrected chi connectivity index (χ4v) is 1.91. The molecule has 16 heavy (non-hydrogen) atoms. The van der Waals surface area contributed by atoms with Crippen LogP contribution >= 0.6 is 34.2 Å². The fraction of sp³-hybridized carbons (Fsp3) is 0.222. The van der Waals surface area contributed by atoms with E-state index >= 15 is 0 Å². The number of alkyl halides is 1.